The number of benzene rings is 1. The third-order valence-corrected chi connectivity index (χ3v) is 8.33. The summed E-state index contributed by atoms with van der Waals surface area (Å²) in [4.78, 5) is 0. The Hall–Kier alpha value is 0.00688. The van der Waals surface area contributed by atoms with Crippen LogP contribution >= 0.6 is 27.5 Å². The van der Waals surface area contributed by atoms with E-state index in [9.17, 15) is 0 Å². The van der Waals surface area contributed by atoms with Gasteiger partial charge in [0.1, 0.15) is 5.75 Å². The Morgan fingerprint density at radius 1 is 1.25 bits per heavy atom. The minimum atomic E-state index is -1.82. The van der Waals surface area contributed by atoms with Gasteiger partial charge in [0.2, 0.25) is 0 Å². The van der Waals surface area contributed by atoms with Gasteiger partial charge in [-0.15, -0.1) is 0 Å². The van der Waals surface area contributed by atoms with Crippen LogP contribution in [0, 0.1) is 0 Å². The molecule has 0 bridgehead atoms. The molecule has 0 saturated heterocycles. The molecule has 1 nitrogen and oxygen atoms in total. The summed E-state index contributed by atoms with van der Waals surface area (Å²) in [5, 5.41) is 0.838. The molecule has 90 valence electrons. The molecule has 0 N–H and O–H groups in total. The molecule has 0 saturated carbocycles. The van der Waals surface area contributed by atoms with Crippen molar-refractivity contribution in [2.45, 2.75) is 38.9 Å². The quantitative estimate of drug-likeness (QED) is 0.655. The molecule has 0 radical (unpaired) electrons. The predicted molar refractivity (Wildman–Crippen MR) is 77.0 cm³/mol. The van der Waals surface area contributed by atoms with Crippen LogP contribution in [0.5, 0.6) is 5.75 Å². The van der Waals surface area contributed by atoms with Gasteiger partial charge in [-0.1, -0.05) is 38.4 Å². The Balaban J connectivity index is 3.06. The molecule has 16 heavy (non-hydrogen) atoms. The fourth-order valence-electron chi connectivity index (χ4n) is 0.988. The molecule has 0 heterocycles. The topological polar surface area (TPSA) is 9.23 Å². The summed E-state index contributed by atoms with van der Waals surface area (Å²) in [7, 11) is -1.82. The van der Waals surface area contributed by atoms with Crippen LogP contribution in [0.3, 0.4) is 0 Å². The molecule has 0 aliphatic rings. The zero-order chi connectivity index (χ0) is 12.6. The van der Waals surface area contributed by atoms with Gasteiger partial charge >= 0.3 is 0 Å². The van der Waals surface area contributed by atoms with Crippen molar-refractivity contribution in [3.05, 3.63) is 27.7 Å². The minimum Gasteiger partial charge on any atom is -0.542 e. The fraction of sp³-hybridized carbons (Fsp3) is 0.500. The summed E-state index contributed by atoms with van der Waals surface area (Å²) in [6, 6.07) is 5.72. The first-order valence-electron chi connectivity index (χ1n) is 5.28. The van der Waals surface area contributed by atoms with E-state index in [0.717, 1.165) is 10.2 Å². The van der Waals surface area contributed by atoms with Crippen LogP contribution in [0.2, 0.25) is 23.2 Å². The van der Waals surface area contributed by atoms with Crippen LogP contribution in [0.1, 0.15) is 20.8 Å². The number of rotatable bonds is 2. The lowest BCUT2D eigenvalue weighted by Crippen LogP contribution is -2.44. The van der Waals surface area contributed by atoms with E-state index in [1.807, 2.05) is 18.2 Å². The summed E-state index contributed by atoms with van der Waals surface area (Å²) >= 11 is 9.63. The molecule has 0 aliphatic carbocycles. The zero-order valence-corrected chi connectivity index (χ0v) is 13.7. The second-order valence-corrected chi connectivity index (χ2v) is 11.4. The second kappa shape index (κ2) is 4.71. The molecule has 4 heteroatoms. The van der Waals surface area contributed by atoms with Gasteiger partial charge in [0.15, 0.2) is 0 Å². The molecule has 0 amide bonds. The van der Waals surface area contributed by atoms with E-state index >= 15 is 0 Å². The summed E-state index contributed by atoms with van der Waals surface area (Å²) < 4.78 is 7.11. The van der Waals surface area contributed by atoms with Crippen LogP contribution in [0.4, 0.5) is 0 Å². The van der Waals surface area contributed by atoms with Crippen molar-refractivity contribution in [3.63, 3.8) is 0 Å². The lowest BCUT2D eigenvalue weighted by molar-refractivity contribution is 0.490. The molecule has 0 atom stereocenters. The van der Waals surface area contributed by atoms with E-state index in [1.165, 1.54) is 0 Å². The Bertz CT molecular complexity index is 365. The highest BCUT2D eigenvalue weighted by Crippen LogP contribution is 2.41. The SMILES string of the molecule is CC(C)(C)[Si](C)(C)Oc1c(Cl)cccc1Br. The predicted octanol–water partition coefficient (Wildman–Crippen LogP) is 5.49. The van der Waals surface area contributed by atoms with E-state index in [2.05, 4.69) is 49.8 Å². The average Bonchev–Trinajstić information content (AvgIpc) is 2.10. The molecular weight excluding hydrogens is 304 g/mol. The van der Waals surface area contributed by atoms with Gasteiger partial charge in [0.05, 0.1) is 9.50 Å². The highest BCUT2D eigenvalue weighted by Gasteiger charge is 2.39. The normalized spacial score (nSPS) is 12.7. The first-order chi connectivity index (χ1) is 7.15. The maximum absolute atomic E-state index is 6.19. The van der Waals surface area contributed by atoms with E-state index in [-0.39, 0.29) is 5.04 Å². The van der Waals surface area contributed by atoms with Gasteiger partial charge in [-0.05, 0) is 46.2 Å². The molecule has 0 spiro atoms. The molecule has 0 fully saturated rings. The third kappa shape index (κ3) is 3.02. The molecule has 1 aromatic carbocycles. The average molecular weight is 322 g/mol. The summed E-state index contributed by atoms with van der Waals surface area (Å²) in [5.74, 6) is 0.774. The van der Waals surface area contributed by atoms with Crippen LogP contribution < -0.4 is 4.43 Å². The number of para-hydroxylation sites is 1. The lowest BCUT2D eigenvalue weighted by Gasteiger charge is -2.37. The molecular formula is C12H18BrClOSi. The van der Waals surface area contributed by atoms with E-state index < -0.39 is 8.32 Å². The molecule has 1 aromatic rings. The van der Waals surface area contributed by atoms with Crippen LogP contribution in [0.25, 0.3) is 0 Å². The zero-order valence-electron chi connectivity index (χ0n) is 10.4. The summed E-state index contributed by atoms with van der Waals surface area (Å²) in [6.45, 7) is 11.1. The van der Waals surface area contributed by atoms with Crippen molar-refractivity contribution in [2.75, 3.05) is 0 Å². The van der Waals surface area contributed by atoms with Crippen LogP contribution in [-0.4, -0.2) is 8.32 Å². The highest BCUT2D eigenvalue weighted by atomic mass is 79.9. The summed E-state index contributed by atoms with van der Waals surface area (Å²) in [5.41, 5.74) is 0. The van der Waals surface area contributed by atoms with Gasteiger partial charge in [-0.25, -0.2) is 0 Å². The van der Waals surface area contributed by atoms with Gasteiger partial charge in [-0.3, -0.25) is 0 Å². The molecule has 0 aliphatic heterocycles. The van der Waals surface area contributed by atoms with Crippen LogP contribution in [0.15, 0.2) is 22.7 Å². The highest BCUT2D eigenvalue weighted by molar-refractivity contribution is 9.10. The lowest BCUT2D eigenvalue weighted by atomic mass is 10.2. The molecule has 0 aromatic heterocycles. The second-order valence-electron chi connectivity index (χ2n) is 5.41. The van der Waals surface area contributed by atoms with E-state index in [0.29, 0.717) is 5.02 Å². The van der Waals surface area contributed by atoms with E-state index in [1.54, 1.807) is 0 Å². The monoisotopic (exact) mass is 320 g/mol. The fourth-order valence-corrected chi connectivity index (χ4v) is 3.01. The Kier molecular flexibility index (Phi) is 4.14. The number of hydrogen-bond acceptors (Lipinski definition) is 1. The largest absolute Gasteiger partial charge is 0.542 e. The first-order valence-corrected chi connectivity index (χ1v) is 9.36. The van der Waals surface area contributed by atoms with Gasteiger partial charge < -0.3 is 4.43 Å². The maximum atomic E-state index is 6.19. The van der Waals surface area contributed by atoms with E-state index in [4.69, 9.17) is 16.0 Å². The summed E-state index contributed by atoms with van der Waals surface area (Å²) in [6.07, 6.45) is 0. The Morgan fingerprint density at radius 3 is 2.25 bits per heavy atom. The first kappa shape index (κ1) is 14.1. The van der Waals surface area contributed by atoms with Crippen molar-refractivity contribution >= 4 is 35.8 Å². The van der Waals surface area contributed by atoms with Crippen molar-refractivity contribution in [1.82, 2.24) is 0 Å². The van der Waals surface area contributed by atoms with Crippen LogP contribution in [-0.2, 0) is 0 Å². The van der Waals surface area contributed by atoms with Crippen molar-refractivity contribution in [1.29, 1.82) is 0 Å². The molecule has 0 unspecified atom stereocenters. The van der Waals surface area contributed by atoms with Crippen molar-refractivity contribution in [3.8, 4) is 5.75 Å². The van der Waals surface area contributed by atoms with Gasteiger partial charge in [-0.2, -0.15) is 0 Å². The van der Waals surface area contributed by atoms with Gasteiger partial charge in [0.25, 0.3) is 8.32 Å². The maximum Gasteiger partial charge on any atom is 0.250 e. The Morgan fingerprint density at radius 2 is 1.81 bits per heavy atom. The molecule has 1 rings (SSSR count). The Labute approximate surface area is 112 Å². The minimum absolute atomic E-state index is 0.172. The van der Waals surface area contributed by atoms with Crippen molar-refractivity contribution < 1.29 is 4.43 Å². The number of hydrogen-bond donors (Lipinski definition) is 0. The number of halogens is 2. The van der Waals surface area contributed by atoms with Gasteiger partial charge in [0, 0.05) is 0 Å². The third-order valence-electron chi connectivity index (χ3n) is 3.08. The van der Waals surface area contributed by atoms with Crippen molar-refractivity contribution in [2.24, 2.45) is 0 Å². The standard InChI is InChI=1S/C12H18BrClOSi/c1-12(2,3)16(4,5)15-11-9(13)7-6-8-10(11)14/h6-8H,1-5H3. The smallest absolute Gasteiger partial charge is 0.250 e.